The van der Waals surface area contributed by atoms with Crippen LogP contribution < -0.4 is 10.5 Å². The van der Waals surface area contributed by atoms with Crippen LogP contribution in [0, 0.1) is 13.8 Å². The predicted octanol–water partition coefficient (Wildman–Crippen LogP) is 3.59. The molecule has 4 nitrogen and oxygen atoms in total. The van der Waals surface area contributed by atoms with E-state index in [0.717, 1.165) is 11.4 Å². The quantitative estimate of drug-likeness (QED) is 0.912. The maximum atomic E-state index is 5.72. The number of anilines is 1. The van der Waals surface area contributed by atoms with Crippen molar-refractivity contribution in [2.75, 3.05) is 5.73 Å². The number of nitrogen functional groups attached to an aromatic ring is 1. The molecule has 1 aromatic heterocycles. The average Bonchev–Trinajstić information content (AvgIpc) is 2.26. The van der Waals surface area contributed by atoms with E-state index >= 15 is 0 Å². The van der Waals surface area contributed by atoms with Crippen molar-refractivity contribution in [2.45, 2.75) is 33.6 Å². The van der Waals surface area contributed by atoms with Gasteiger partial charge >= 0.3 is 0 Å². The molecule has 0 radical (unpaired) electrons. The first-order chi connectivity index (χ1) is 8.95. The molecule has 2 aromatic rings. The van der Waals surface area contributed by atoms with Crippen molar-refractivity contribution < 1.29 is 4.74 Å². The van der Waals surface area contributed by atoms with Crippen molar-refractivity contribution in [1.29, 1.82) is 0 Å². The molecule has 100 valence electrons. The largest absolute Gasteiger partial charge is 0.439 e. The molecule has 0 saturated carbocycles. The molecule has 2 N–H and O–H groups in total. The molecule has 0 unspecified atom stereocenters. The number of hydrogen-bond donors (Lipinski definition) is 1. The lowest BCUT2D eigenvalue weighted by atomic mass is 9.98. The van der Waals surface area contributed by atoms with Gasteiger partial charge in [-0.3, -0.25) is 0 Å². The van der Waals surface area contributed by atoms with Crippen LogP contribution in [0.4, 0.5) is 5.95 Å². The Hall–Kier alpha value is -2.10. The second-order valence-electron chi connectivity index (χ2n) is 4.98. The van der Waals surface area contributed by atoms with Crippen molar-refractivity contribution in [3.05, 3.63) is 41.1 Å². The molecule has 1 heterocycles. The summed E-state index contributed by atoms with van der Waals surface area (Å²) in [5.74, 6) is 1.97. The third-order valence-corrected chi connectivity index (χ3v) is 2.93. The molecule has 1 aromatic carbocycles. The Kier molecular flexibility index (Phi) is 3.69. The van der Waals surface area contributed by atoms with Crippen LogP contribution in [0.2, 0.25) is 0 Å². The lowest BCUT2D eigenvalue weighted by Crippen LogP contribution is -1.99. The fraction of sp³-hybridized carbons (Fsp3) is 0.333. The van der Waals surface area contributed by atoms with Gasteiger partial charge in [-0.25, -0.2) is 4.98 Å². The first-order valence-corrected chi connectivity index (χ1v) is 6.35. The van der Waals surface area contributed by atoms with Crippen molar-refractivity contribution in [2.24, 2.45) is 0 Å². The van der Waals surface area contributed by atoms with Crippen molar-refractivity contribution in [3.63, 3.8) is 0 Å². The van der Waals surface area contributed by atoms with E-state index in [1.165, 1.54) is 11.1 Å². The summed E-state index contributed by atoms with van der Waals surface area (Å²) in [6.45, 7) is 8.30. The molecule has 0 amide bonds. The second kappa shape index (κ2) is 5.26. The van der Waals surface area contributed by atoms with Gasteiger partial charge in [-0.1, -0.05) is 19.9 Å². The Balaban J connectivity index is 2.26. The van der Waals surface area contributed by atoms with Gasteiger partial charge in [0.05, 0.1) is 0 Å². The van der Waals surface area contributed by atoms with Crippen molar-refractivity contribution in [1.82, 2.24) is 9.97 Å². The van der Waals surface area contributed by atoms with Gasteiger partial charge in [0, 0.05) is 11.8 Å². The first kappa shape index (κ1) is 13.3. The van der Waals surface area contributed by atoms with Crippen LogP contribution in [0.3, 0.4) is 0 Å². The van der Waals surface area contributed by atoms with Gasteiger partial charge < -0.3 is 10.5 Å². The zero-order valence-electron chi connectivity index (χ0n) is 11.8. The average molecular weight is 257 g/mol. The number of hydrogen-bond acceptors (Lipinski definition) is 4. The molecule has 2 rings (SSSR count). The van der Waals surface area contributed by atoms with Crippen molar-refractivity contribution in [3.8, 4) is 11.6 Å². The van der Waals surface area contributed by atoms with Gasteiger partial charge in [0.2, 0.25) is 11.8 Å². The molecular formula is C15H19N3O. The van der Waals surface area contributed by atoms with Gasteiger partial charge in [-0.05, 0) is 43.0 Å². The van der Waals surface area contributed by atoms with Gasteiger partial charge in [-0.2, -0.15) is 4.98 Å². The molecule has 0 spiro atoms. The normalized spacial score (nSPS) is 10.8. The van der Waals surface area contributed by atoms with Gasteiger partial charge in [0.15, 0.2) is 0 Å². The molecule has 0 saturated heterocycles. The second-order valence-corrected chi connectivity index (χ2v) is 4.98. The fourth-order valence-corrected chi connectivity index (χ4v) is 2.09. The van der Waals surface area contributed by atoms with E-state index in [2.05, 4.69) is 36.8 Å². The molecule has 0 atom stereocenters. The van der Waals surface area contributed by atoms with Crippen LogP contribution in [0.5, 0.6) is 11.6 Å². The minimum atomic E-state index is 0.227. The fourth-order valence-electron chi connectivity index (χ4n) is 2.09. The topological polar surface area (TPSA) is 61.0 Å². The minimum Gasteiger partial charge on any atom is -0.439 e. The van der Waals surface area contributed by atoms with E-state index in [1.807, 2.05) is 19.1 Å². The number of nitrogens with two attached hydrogens (primary N) is 1. The van der Waals surface area contributed by atoms with Crippen LogP contribution in [0.25, 0.3) is 0 Å². The van der Waals surface area contributed by atoms with Crippen LogP contribution in [0.15, 0.2) is 24.3 Å². The number of benzene rings is 1. The molecule has 4 heteroatoms. The Morgan fingerprint density at radius 3 is 2.42 bits per heavy atom. The van der Waals surface area contributed by atoms with E-state index in [1.54, 1.807) is 6.07 Å². The summed E-state index contributed by atoms with van der Waals surface area (Å²) >= 11 is 0. The van der Waals surface area contributed by atoms with E-state index in [9.17, 15) is 0 Å². The molecule has 0 bridgehead atoms. The van der Waals surface area contributed by atoms with E-state index < -0.39 is 0 Å². The third kappa shape index (κ3) is 3.22. The zero-order chi connectivity index (χ0) is 14.0. The summed E-state index contributed by atoms with van der Waals surface area (Å²) < 4.78 is 5.72. The predicted molar refractivity (Wildman–Crippen MR) is 76.5 cm³/mol. The summed E-state index contributed by atoms with van der Waals surface area (Å²) in [6, 6.07) is 7.83. The Bertz CT molecular complexity index is 574. The lowest BCUT2D eigenvalue weighted by Gasteiger charge is -2.12. The summed E-state index contributed by atoms with van der Waals surface area (Å²) in [4.78, 5) is 8.08. The van der Waals surface area contributed by atoms with Crippen LogP contribution >= 0.6 is 0 Å². The maximum absolute atomic E-state index is 5.72. The molecule has 0 aliphatic carbocycles. The van der Waals surface area contributed by atoms with Gasteiger partial charge in [-0.15, -0.1) is 0 Å². The smallest absolute Gasteiger partial charge is 0.224 e. The number of nitrogens with zero attached hydrogens (tertiary/aromatic N) is 2. The standard InChI is InChI=1S/C15H19N3O/c1-9(2)13-6-5-12(7-10(13)3)19-14-8-11(4)17-15(16)18-14/h5-9H,1-4H3,(H2,16,17,18). The summed E-state index contributed by atoms with van der Waals surface area (Å²) in [6.07, 6.45) is 0. The van der Waals surface area contributed by atoms with E-state index in [4.69, 9.17) is 10.5 Å². The SMILES string of the molecule is Cc1cc(Oc2ccc(C(C)C)c(C)c2)nc(N)n1. The molecule has 0 aliphatic rings. The highest BCUT2D eigenvalue weighted by atomic mass is 16.5. The highest BCUT2D eigenvalue weighted by molar-refractivity contribution is 5.38. The monoisotopic (exact) mass is 257 g/mol. The van der Waals surface area contributed by atoms with Crippen molar-refractivity contribution >= 4 is 5.95 Å². The Morgan fingerprint density at radius 1 is 1.11 bits per heavy atom. The zero-order valence-corrected chi connectivity index (χ0v) is 11.8. The van der Waals surface area contributed by atoms with Crippen LogP contribution in [-0.4, -0.2) is 9.97 Å². The Labute approximate surface area is 113 Å². The van der Waals surface area contributed by atoms with Gasteiger partial charge in [0.25, 0.3) is 0 Å². The third-order valence-electron chi connectivity index (χ3n) is 2.93. The molecular weight excluding hydrogens is 238 g/mol. The highest BCUT2D eigenvalue weighted by Crippen LogP contribution is 2.26. The van der Waals surface area contributed by atoms with Crippen LogP contribution in [-0.2, 0) is 0 Å². The number of ether oxygens (including phenoxy) is 1. The number of aryl methyl sites for hydroxylation is 2. The van der Waals surface area contributed by atoms with Gasteiger partial charge in [0.1, 0.15) is 5.75 Å². The minimum absolute atomic E-state index is 0.227. The highest BCUT2D eigenvalue weighted by Gasteiger charge is 2.07. The number of aromatic nitrogens is 2. The Morgan fingerprint density at radius 2 is 1.84 bits per heavy atom. The maximum Gasteiger partial charge on any atom is 0.224 e. The van der Waals surface area contributed by atoms with E-state index in [-0.39, 0.29) is 5.95 Å². The summed E-state index contributed by atoms with van der Waals surface area (Å²) in [7, 11) is 0. The molecule has 0 fully saturated rings. The lowest BCUT2D eigenvalue weighted by molar-refractivity contribution is 0.461. The molecule has 0 aliphatic heterocycles. The van der Waals surface area contributed by atoms with Crippen LogP contribution in [0.1, 0.15) is 36.6 Å². The summed E-state index contributed by atoms with van der Waals surface area (Å²) in [5, 5.41) is 0. The number of rotatable bonds is 3. The first-order valence-electron chi connectivity index (χ1n) is 6.35. The summed E-state index contributed by atoms with van der Waals surface area (Å²) in [5.41, 5.74) is 8.93. The molecule has 19 heavy (non-hydrogen) atoms. The van der Waals surface area contributed by atoms with E-state index in [0.29, 0.717) is 11.8 Å².